The molecule has 0 atom stereocenters. The molecule has 1 aliphatic carbocycles. The van der Waals surface area contributed by atoms with Crippen LogP contribution >= 0.6 is 0 Å². The molecule has 1 aromatic carbocycles. The van der Waals surface area contributed by atoms with Crippen LogP contribution in [0.4, 0.5) is 13.2 Å². The molecule has 0 spiro atoms. The van der Waals surface area contributed by atoms with Crippen molar-refractivity contribution >= 4 is 5.91 Å². The van der Waals surface area contributed by atoms with Crippen molar-refractivity contribution in [1.82, 2.24) is 5.32 Å². The van der Waals surface area contributed by atoms with Crippen LogP contribution in [0, 0.1) is 0 Å². The van der Waals surface area contributed by atoms with E-state index < -0.39 is 11.7 Å². The lowest BCUT2D eigenvalue weighted by molar-refractivity contribution is -0.138. The second-order valence-corrected chi connectivity index (χ2v) is 5.02. The summed E-state index contributed by atoms with van der Waals surface area (Å²) in [5.74, 6) is -0.891. The minimum Gasteiger partial charge on any atom is -0.504 e. The summed E-state index contributed by atoms with van der Waals surface area (Å²) in [5, 5.41) is 12.3. The fraction of sp³-hybridized carbons (Fsp3) is 0.500. The highest BCUT2D eigenvalue weighted by molar-refractivity contribution is 5.77. The van der Waals surface area contributed by atoms with Crippen LogP contribution in [-0.4, -0.2) is 24.2 Å². The standard InChI is InChI=1S/C14H16F3NO3/c1-21-12-7-10(14(15,16)17)8(6-11(12)19)2-5-13(20)18-9-3-4-9/h6-7,9,19H,2-5H2,1H3,(H,18,20). The number of aryl methyl sites for hydroxylation is 1. The van der Waals surface area contributed by atoms with E-state index in [2.05, 4.69) is 5.32 Å². The Morgan fingerprint density at radius 1 is 1.43 bits per heavy atom. The molecule has 0 saturated heterocycles. The summed E-state index contributed by atoms with van der Waals surface area (Å²) in [7, 11) is 1.18. The molecule has 116 valence electrons. The highest BCUT2D eigenvalue weighted by Gasteiger charge is 2.34. The maximum atomic E-state index is 13.0. The molecule has 1 aliphatic rings. The lowest BCUT2D eigenvalue weighted by Gasteiger charge is -2.15. The molecule has 0 heterocycles. The largest absolute Gasteiger partial charge is 0.504 e. The van der Waals surface area contributed by atoms with E-state index in [0.29, 0.717) is 0 Å². The Hall–Kier alpha value is -1.92. The van der Waals surface area contributed by atoms with E-state index in [0.717, 1.165) is 25.0 Å². The quantitative estimate of drug-likeness (QED) is 0.879. The molecule has 4 nitrogen and oxygen atoms in total. The fourth-order valence-electron chi connectivity index (χ4n) is 2.02. The maximum absolute atomic E-state index is 13.0. The molecular formula is C14H16F3NO3. The van der Waals surface area contributed by atoms with Crippen LogP contribution in [0.25, 0.3) is 0 Å². The second kappa shape index (κ2) is 5.83. The number of nitrogens with one attached hydrogen (secondary N) is 1. The number of carbonyl (C=O) groups is 1. The van der Waals surface area contributed by atoms with Gasteiger partial charge in [0.25, 0.3) is 0 Å². The van der Waals surface area contributed by atoms with E-state index >= 15 is 0 Å². The maximum Gasteiger partial charge on any atom is 0.416 e. The molecule has 1 fully saturated rings. The van der Waals surface area contributed by atoms with Gasteiger partial charge in [0, 0.05) is 12.5 Å². The van der Waals surface area contributed by atoms with Crippen molar-refractivity contribution in [1.29, 1.82) is 0 Å². The smallest absolute Gasteiger partial charge is 0.416 e. The molecular weight excluding hydrogens is 287 g/mol. The number of amides is 1. The minimum atomic E-state index is -4.57. The van der Waals surface area contributed by atoms with Crippen molar-refractivity contribution in [2.45, 2.75) is 37.9 Å². The van der Waals surface area contributed by atoms with E-state index in [4.69, 9.17) is 4.74 Å². The number of phenols is 1. The summed E-state index contributed by atoms with van der Waals surface area (Å²) in [5.41, 5.74) is -1.01. The SMILES string of the molecule is COc1cc(C(F)(F)F)c(CCC(=O)NC2CC2)cc1O. The van der Waals surface area contributed by atoms with Crippen molar-refractivity contribution in [3.8, 4) is 11.5 Å². The normalized spacial score (nSPS) is 14.9. The fourth-order valence-corrected chi connectivity index (χ4v) is 2.02. The molecule has 0 unspecified atom stereocenters. The molecule has 21 heavy (non-hydrogen) atoms. The summed E-state index contributed by atoms with van der Waals surface area (Å²) in [6, 6.07) is 1.93. The highest BCUT2D eigenvalue weighted by atomic mass is 19.4. The van der Waals surface area contributed by atoms with Gasteiger partial charge in [-0.3, -0.25) is 4.79 Å². The van der Waals surface area contributed by atoms with Gasteiger partial charge in [-0.25, -0.2) is 0 Å². The van der Waals surface area contributed by atoms with Crippen molar-refractivity contribution in [3.05, 3.63) is 23.3 Å². The zero-order valence-electron chi connectivity index (χ0n) is 11.5. The topological polar surface area (TPSA) is 58.6 Å². The van der Waals surface area contributed by atoms with Gasteiger partial charge < -0.3 is 15.2 Å². The van der Waals surface area contributed by atoms with Crippen LogP contribution in [0.1, 0.15) is 30.4 Å². The van der Waals surface area contributed by atoms with Gasteiger partial charge in [-0.05, 0) is 37.0 Å². The van der Waals surface area contributed by atoms with E-state index in [1.807, 2.05) is 0 Å². The lowest BCUT2D eigenvalue weighted by atomic mass is 10.0. The first kappa shape index (κ1) is 15.5. The van der Waals surface area contributed by atoms with Crippen LogP contribution in [-0.2, 0) is 17.4 Å². The molecule has 0 aromatic heterocycles. The zero-order valence-corrected chi connectivity index (χ0v) is 11.5. The number of hydrogen-bond donors (Lipinski definition) is 2. The Morgan fingerprint density at radius 2 is 2.10 bits per heavy atom. The average Bonchev–Trinajstić information content (AvgIpc) is 3.18. The molecule has 0 aliphatic heterocycles. The van der Waals surface area contributed by atoms with Gasteiger partial charge >= 0.3 is 6.18 Å². The Labute approximate surface area is 119 Å². The van der Waals surface area contributed by atoms with Crippen LogP contribution in [0.2, 0.25) is 0 Å². The number of alkyl halides is 3. The first-order chi connectivity index (χ1) is 9.81. The van der Waals surface area contributed by atoms with Crippen molar-refractivity contribution in [2.75, 3.05) is 7.11 Å². The molecule has 0 bridgehead atoms. The third kappa shape index (κ3) is 4.03. The number of hydrogen-bond acceptors (Lipinski definition) is 3. The number of aromatic hydroxyl groups is 1. The summed E-state index contributed by atoms with van der Waals surface area (Å²) in [4.78, 5) is 11.6. The van der Waals surface area contributed by atoms with Crippen LogP contribution in [0.3, 0.4) is 0 Å². The van der Waals surface area contributed by atoms with Gasteiger partial charge in [-0.2, -0.15) is 13.2 Å². The number of benzene rings is 1. The molecule has 1 amide bonds. The molecule has 0 radical (unpaired) electrons. The Morgan fingerprint density at radius 3 is 2.62 bits per heavy atom. The number of carbonyl (C=O) groups excluding carboxylic acids is 1. The van der Waals surface area contributed by atoms with Gasteiger partial charge in [0.15, 0.2) is 11.5 Å². The van der Waals surface area contributed by atoms with E-state index in [9.17, 15) is 23.1 Å². The van der Waals surface area contributed by atoms with Gasteiger partial charge in [-0.1, -0.05) is 0 Å². The van der Waals surface area contributed by atoms with E-state index in [-0.39, 0.29) is 41.9 Å². The third-order valence-corrected chi connectivity index (χ3v) is 3.27. The number of ether oxygens (including phenoxy) is 1. The van der Waals surface area contributed by atoms with Gasteiger partial charge in [0.05, 0.1) is 12.7 Å². The van der Waals surface area contributed by atoms with E-state index in [1.165, 1.54) is 7.11 Å². The summed E-state index contributed by atoms with van der Waals surface area (Å²) in [6.45, 7) is 0. The summed E-state index contributed by atoms with van der Waals surface area (Å²) in [6.07, 6.45) is -2.87. The minimum absolute atomic E-state index is 0.0502. The van der Waals surface area contributed by atoms with Crippen molar-refractivity contribution < 1.29 is 27.8 Å². The molecule has 7 heteroatoms. The second-order valence-electron chi connectivity index (χ2n) is 5.02. The Balaban J connectivity index is 2.16. The van der Waals surface area contributed by atoms with E-state index in [1.54, 1.807) is 0 Å². The van der Waals surface area contributed by atoms with Crippen LogP contribution in [0.5, 0.6) is 11.5 Å². The predicted octanol–water partition coefficient (Wildman–Crippen LogP) is 2.63. The van der Waals surface area contributed by atoms with Gasteiger partial charge in [0.1, 0.15) is 0 Å². The van der Waals surface area contributed by atoms with Gasteiger partial charge in [-0.15, -0.1) is 0 Å². The summed E-state index contributed by atoms with van der Waals surface area (Å²) >= 11 is 0. The molecule has 2 rings (SSSR count). The van der Waals surface area contributed by atoms with Crippen LogP contribution < -0.4 is 10.1 Å². The average molecular weight is 303 g/mol. The Kier molecular flexibility index (Phi) is 4.29. The molecule has 1 aromatic rings. The number of methoxy groups -OCH3 is 1. The van der Waals surface area contributed by atoms with Crippen molar-refractivity contribution in [3.63, 3.8) is 0 Å². The number of halogens is 3. The first-order valence-corrected chi connectivity index (χ1v) is 6.57. The molecule has 2 N–H and O–H groups in total. The zero-order chi connectivity index (χ0) is 15.6. The Bertz CT molecular complexity index is 539. The first-order valence-electron chi connectivity index (χ1n) is 6.57. The highest BCUT2D eigenvalue weighted by Crippen LogP contribution is 2.39. The lowest BCUT2D eigenvalue weighted by Crippen LogP contribution is -2.25. The summed E-state index contributed by atoms with van der Waals surface area (Å²) < 4.78 is 43.7. The number of rotatable bonds is 5. The number of phenolic OH excluding ortho intramolecular Hbond substituents is 1. The third-order valence-electron chi connectivity index (χ3n) is 3.27. The molecule has 1 saturated carbocycles. The predicted molar refractivity (Wildman–Crippen MR) is 69.1 cm³/mol. The monoisotopic (exact) mass is 303 g/mol. The van der Waals surface area contributed by atoms with Gasteiger partial charge in [0.2, 0.25) is 5.91 Å². The van der Waals surface area contributed by atoms with Crippen molar-refractivity contribution in [2.24, 2.45) is 0 Å². The van der Waals surface area contributed by atoms with Crippen LogP contribution in [0.15, 0.2) is 12.1 Å².